The van der Waals surface area contributed by atoms with E-state index in [0.29, 0.717) is 17.6 Å². The minimum absolute atomic E-state index is 0.217. The smallest absolute Gasteiger partial charge is 0.333 e. The van der Waals surface area contributed by atoms with Crippen molar-refractivity contribution in [2.45, 2.75) is 20.3 Å². The van der Waals surface area contributed by atoms with Crippen molar-refractivity contribution in [1.29, 1.82) is 0 Å². The molecule has 0 saturated heterocycles. The Kier molecular flexibility index (Phi) is 5.10. The fourth-order valence-electron chi connectivity index (χ4n) is 2.07. The number of esters is 1. The predicted molar refractivity (Wildman–Crippen MR) is 86.1 cm³/mol. The second-order valence-corrected chi connectivity index (χ2v) is 5.35. The summed E-state index contributed by atoms with van der Waals surface area (Å²) in [4.78, 5) is 11.3. The third-order valence-corrected chi connectivity index (χ3v) is 3.37. The van der Waals surface area contributed by atoms with Gasteiger partial charge in [0.15, 0.2) is 0 Å². The van der Waals surface area contributed by atoms with Gasteiger partial charge in [0, 0.05) is 17.6 Å². The molecule has 0 amide bonds. The molecule has 22 heavy (non-hydrogen) atoms. The molecule has 0 aromatic heterocycles. The maximum Gasteiger partial charge on any atom is 0.333 e. The first-order valence-electron chi connectivity index (χ1n) is 7.15. The van der Waals surface area contributed by atoms with E-state index in [0.717, 1.165) is 16.7 Å². The molecule has 0 heterocycles. The van der Waals surface area contributed by atoms with Gasteiger partial charge < -0.3 is 4.74 Å². The summed E-state index contributed by atoms with van der Waals surface area (Å²) >= 11 is 0. The van der Waals surface area contributed by atoms with Gasteiger partial charge in [-0.2, -0.15) is 0 Å². The highest BCUT2D eigenvalue weighted by Crippen LogP contribution is 2.24. The van der Waals surface area contributed by atoms with Crippen LogP contribution in [0.3, 0.4) is 0 Å². The third-order valence-electron chi connectivity index (χ3n) is 3.37. The van der Waals surface area contributed by atoms with E-state index in [1.165, 1.54) is 6.07 Å². The summed E-state index contributed by atoms with van der Waals surface area (Å²) in [7, 11) is 0. The summed E-state index contributed by atoms with van der Waals surface area (Å²) in [6.45, 7) is 7.32. The number of carbonyl (C=O) groups excluding carboxylic acids is 1. The van der Waals surface area contributed by atoms with Crippen molar-refractivity contribution in [2.24, 2.45) is 0 Å². The number of benzene rings is 2. The van der Waals surface area contributed by atoms with E-state index in [1.807, 2.05) is 37.3 Å². The molecule has 0 unspecified atom stereocenters. The molecule has 114 valence electrons. The summed E-state index contributed by atoms with van der Waals surface area (Å²) in [5.74, 6) is -0.690. The highest BCUT2D eigenvalue weighted by Gasteiger charge is 2.07. The van der Waals surface area contributed by atoms with E-state index in [2.05, 4.69) is 6.58 Å². The molecule has 2 rings (SSSR count). The molecule has 0 N–H and O–H groups in total. The third kappa shape index (κ3) is 4.04. The van der Waals surface area contributed by atoms with E-state index in [1.54, 1.807) is 13.0 Å². The van der Waals surface area contributed by atoms with Crippen LogP contribution in [0.25, 0.3) is 11.1 Å². The Labute approximate surface area is 130 Å². The molecule has 0 aliphatic carbocycles. The van der Waals surface area contributed by atoms with E-state index in [-0.39, 0.29) is 12.4 Å². The maximum atomic E-state index is 14.2. The van der Waals surface area contributed by atoms with Gasteiger partial charge in [-0.1, -0.05) is 48.5 Å². The molecule has 0 fully saturated rings. The van der Waals surface area contributed by atoms with Crippen molar-refractivity contribution in [1.82, 2.24) is 0 Å². The van der Waals surface area contributed by atoms with Crippen LogP contribution >= 0.6 is 0 Å². The monoisotopic (exact) mass is 298 g/mol. The van der Waals surface area contributed by atoms with Gasteiger partial charge in [0.1, 0.15) is 5.82 Å². The number of hydrogen-bond acceptors (Lipinski definition) is 2. The Balaban J connectivity index is 2.05. The van der Waals surface area contributed by atoms with Crippen molar-refractivity contribution in [3.8, 4) is 11.1 Å². The second-order valence-electron chi connectivity index (χ2n) is 5.35. The quantitative estimate of drug-likeness (QED) is 0.601. The molecule has 0 aliphatic heterocycles. The number of aryl methyl sites for hydroxylation is 1. The molecular weight excluding hydrogens is 279 g/mol. The van der Waals surface area contributed by atoms with Crippen LogP contribution < -0.4 is 0 Å². The normalized spacial score (nSPS) is 10.3. The maximum absolute atomic E-state index is 14.2. The minimum Gasteiger partial charge on any atom is -0.462 e. The first-order valence-corrected chi connectivity index (χ1v) is 7.15. The van der Waals surface area contributed by atoms with Crippen LogP contribution in [0.5, 0.6) is 0 Å². The number of hydrogen-bond donors (Lipinski definition) is 0. The fraction of sp³-hybridized carbons (Fsp3) is 0.211. The zero-order valence-corrected chi connectivity index (χ0v) is 12.9. The van der Waals surface area contributed by atoms with Crippen LogP contribution in [0.4, 0.5) is 4.39 Å². The predicted octanol–water partition coefficient (Wildman–Crippen LogP) is 4.46. The lowest BCUT2D eigenvalue weighted by atomic mass is 10.0. The van der Waals surface area contributed by atoms with Gasteiger partial charge in [0.25, 0.3) is 0 Å². The Morgan fingerprint density at radius 3 is 2.45 bits per heavy atom. The summed E-state index contributed by atoms with van der Waals surface area (Å²) in [6.07, 6.45) is 0.476. The highest BCUT2D eigenvalue weighted by atomic mass is 19.1. The van der Waals surface area contributed by atoms with Gasteiger partial charge in [-0.15, -0.1) is 0 Å². The topological polar surface area (TPSA) is 26.3 Å². The zero-order chi connectivity index (χ0) is 16.1. The van der Waals surface area contributed by atoms with Crippen LogP contribution in [-0.4, -0.2) is 12.6 Å². The summed E-state index contributed by atoms with van der Waals surface area (Å²) in [6, 6.07) is 12.8. The van der Waals surface area contributed by atoms with E-state index < -0.39 is 5.97 Å². The fourth-order valence-corrected chi connectivity index (χ4v) is 2.07. The lowest BCUT2D eigenvalue weighted by Gasteiger charge is -2.08. The Morgan fingerprint density at radius 2 is 1.86 bits per heavy atom. The van der Waals surface area contributed by atoms with Crippen LogP contribution in [0, 0.1) is 12.7 Å². The van der Waals surface area contributed by atoms with E-state index >= 15 is 0 Å². The van der Waals surface area contributed by atoms with Crippen molar-refractivity contribution in [3.05, 3.63) is 71.6 Å². The van der Waals surface area contributed by atoms with Crippen molar-refractivity contribution in [2.75, 3.05) is 6.61 Å². The number of carbonyl (C=O) groups is 1. The lowest BCUT2D eigenvalue weighted by molar-refractivity contribution is -0.138. The summed E-state index contributed by atoms with van der Waals surface area (Å²) in [5, 5.41) is 0. The Bertz CT molecular complexity index is 687. The SMILES string of the molecule is C=C(C)C(=O)OCCc1ccc(-c2ccc(C)cc2)c(F)c1. The second kappa shape index (κ2) is 7.03. The largest absolute Gasteiger partial charge is 0.462 e. The molecule has 0 saturated carbocycles. The van der Waals surface area contributed by atoms with Gasteiger partial charge in [-0.05, 0) is 31.0 Å². The summed E-state index contributed by atoms with van der Waals surface area (Å²) in [5.41, 5.74) is 3.72. The zero-order valence-electron chi connectivity index (χ0n) is 12.9. The van der Waals surface area contributed by atoms with Crippen LogP contribution in [0.2, 0.25) is 0 Å². The molecule has 3 heteroatoms. The molecule has 2 aromatic carbocycles. The minimum atomic E-state index is -0.420. The van der Waals surface area contributed by atoms with Crippen molar-refractivity contribution in [3.63, 3.8) is 0 Å². The molecule has 2 nitrogen and oxygen atoms in total. The Hall–Kier alpha value is -2.42. The molecule has 2 aromatic rings. The first kappa shape index (κ1) is 16.0. The highest BCUT2D eigenvalue weighted by molar-refractivity contribution is 5.86. The standard InChI is InChI=1S/C19H19FO2/c1-13(2)19(21)22-11-10-15-6-9-17(18(20)12-15)16-7-4-14(3)5-8-16/h4-9,12H,1,10-11H2,2-3H3. The van der Waals surface area contributed by atoms with E-state index in [9.17, 15) is 9.18 Å². The first-order chi connectivity index (χ1) is 10.5. The van der Waals surface area contributed by atoms with Crippen molar-refractivity contribution >= 4 is 5.97 Å². The van der Waals surface area contributed by atoms with Gasteiger partial charge in [-0.3, -0.25) is 0 Å². The number of ether oxygens (including phenoxy) is 1. The van der Waals surface area contributed by atoms with Gasteiger partial charge in [0.2, 0.25) is 0 Å². The number of rotatable bonds is 5. The van der Waals surface area contributed by atoms with Crippen molar-refractivity contribution < 1.29 is 13.9 Å². The molecule has 0 aliphatic rings. The number of halogens is 1. The van der Waals surface area contributed by atoms with Gasteiger partial charge in [-0.25, -0.2) is 9.18 Å². The summed E-state index contributed by atoms with van der Waals surface area (Å²) < 4.78 is 19.2. The van der Waals surface area contributed by atoms with Gasteiger partial charge >= 0.3 is 5.97 Å². The molecule has 0 atom stereocenters. The van der Waals surface area contributed by atoms with E-state index in [4.69, 9.17) is 4.74 Å². The molecule has 0 radical (unpaired) electrons. The van der Waals surface area contributed by atoms with Crippen LogP contribution in [0.1, 0.15) is 18.1 Å². The van der Waals surface area contributed by atoms with Gasteiger partial charge in [0.05, 0.1) is 6.61 Å². The Morgan fingerprint density at radius 1 is 1.18 bits per heavy atom. The molecule has 0 bridgehead atoms. The average Bonchev–Trinajstić information content (AvgIpc) is 2.48. The average molecular weight is 298 g/mol. The lowest BCUT2D eigenvalue weighted by Crippen LogP contribution is -2.08. The van der Waals surface area contributed by atoms with Crippen LogP contribution in [-0.2, 0) is 16.0 Å². The molecular formula is C19H19FO2. The van der Waals surface area contributed by atoms with Crippen LogP contribution in [0.15, 0.2) is 54.6 Å². The molecule has 0 spiro atoms.